The fourth-order valence-electron chi connectivity index (χ4n) is 3.41. The highest BCUT2D eigenvalue weighted by atomic mass is 16.1. The molecule has 1 fully saturated rings. The highest BCUT2D eigenvalue weighted by molar-refractivity contribution is 5.08. The summed E-state index contributed by atoms with van der Waals surface area (Å²) in [6.45, 7) is 4.33. The number of aromatic nitrogens is 2. The molecule has 0 aliphatic carbocycles. The maximum atomic E-state index is 12.2. The second kappa shape index (κ2) is 5.45. The topological polar surface area (TPSA) is 46.9 Å². The van der Waals surface area contributed by atoms with Crippen LogP contribution in [0.5, 0.6) is 0 Å². The van der Waals surface area contributed by atoms with Gasteiger partial charge >= 0.3 is 0 Å². The molecule has 1 atom stereocenters. The van der Waals surface area contributed by atoms with E-state index < -0.39 is 0 Å². The maximum Gasteiger partial charge on any atom is 0.253 e. The average molecular weight is 261 g/mol. The molecule has 1 aromatic rings. The van der Waals surface area contributed by atoms with Gasteiger partial charge in [0.15, 0.2) is 0 Å². The van der Waals surface area contributed by atoms with Crippen molar-refractivity contribution in [3.8, 4) is 0 Å². The third kappa shape index (κ3) is 2.73. The first kappa shape index (κ1) is 12.9. The van der Waals surface area contributed by atoms with Crippen molar-refractivity contribution in [3.63, 3.8) is 0 Å². The minimum atomic E-state index is 0.154. The summed E-state index contributed by atoms with van der Waals surface area (Å²) in [6.07, 6.45) is 6.60. The Kier molecular flexibility index (Phi) is 3.69. The Balaban J connectivity index is 1.83. The summed E-state index contributed by atoms with van der Waals surface area (Å²) in [5.41, 5.74) is 1.17. The molecule has 1 saturated heterocycles. The van der Waals surface area contributed by atoms with E-state index in [0.717, 1.165) is 50.3 Å². The zero-order valence-corrected chi connectivity index (χ0v) is 11.7. The van der Waals surface area contributed by atoms with Gasteiger partial charge in [-0.05, 0) is 58.0 Å². The van der Waals surface area contributed by atoms with Gasteiger partial charge in [0.1, 0.15) is 5.82 Å². The largest absolute Gasteiger partial charge is 0.317 e. The number of rotatable bonds is 2. The molecular formula is C15H23N3O. The first-order valence-corrected chi connectivity index (χ1v) is 7.56. The van der Waals surface area contributed by atoms with Crippen molar-refractivity contribution < 1.29 is 0 Å². The first-order chi connectivity index (χ1) is 9.24. The van der Waals surface area contributed by atoms with E-state index in [2.05, 4.69) is 12.2 Å². The van der Waals surface area contributed by atoms with E-state index in [0.29, 0.717) is 12.0 Å². The molecule has 0 amide bonds. The van der Waals surface area contributed by atoms with Gasteiger partial charge in [0.05, 0.1) is 0 Å². The van der Waals surface area contributed by atoms with E-state index in [1.165, 1.54) is 12.8 Å². The van der Waals surface area contributed by atoms with Gasteiger partial charge in [-0.15, -0.1) is 0 Å². The Morgan fingerprint density at radius 2 is 2.16 bits per heavy atom. The molecule has 0 aromatic carbocycles. The molecule has 2 aliphatic heterocycles. The molecule has 19 heavy (non-hydrogen) atoms. The summed E-state index contributed by atoms with van der Waals surface area (Å²) in [5, 5.41) is 3.38. The molecular weight excluding hydrogens is 238 g/mol. The summed E-state index contributed by atoms with van der Waals surface area (Å²) in [7, 11) is 0. The van der Waals surface area contributed by atoms with Crippen LogP contribution in [0.3, 0.4) is 0 Å². The van der Waals surface area contributed by atoms with Gasteiger partial charge in [0.2, 0.25) is 0 Å². The van der Waals surface area contributed by atoms with E-state index in [-0.39, 0.29) is 5.56 Å². The Labute approximate surface area is 114 Å². The minimum absolute atomic E-state index is 0.154. The lowest BCUT2D eigenvalue weighted by molar-refractivity contribution is 0.364. The molecule has 1 aromatic heterocycles. The van der Waals surface area contributed by atoms with Crippen LogP contribution < -0.4 is 10.9 Å². The first-order valence-electron chi connectivity index (χ1n) is 7.56. The molecule has 3 rings (SSSR count). The molecule has 4 heteroatoms. The van der Waals surface area contributed by atoms with Gasteiger partial charge in [-0.25, -0.2) is 4.98 Å². The third-order valence-electron chi connectivity index (χ3n) is 4.50. The van der Waals surface area contributed by atoms with Crippen LogP contribution in [0.1, 0.15) is 50.2 Å². The van der Waals surface area contributed by atoms with Crippen molar-refractivity contribution in [2.24, 2.45) is 5.92 Å². The number of nitrogens with one attached hydrogen (secondary N) is 1. The monoisotopic (exact) mass is 261 g/mol. The maximum absolute atomic E-state index is 12.2. The van der Waals surface area contributed by atoms with Crippen LogP contribution in [0.15, 0.2) is 10.9 Å². The molecule has 0 saturated carbocycles. The van der Waals surface area contributed by atoms with E-state index in [1.54, 1.807) is 6.07 Å². The van der Waals surface area contributed by atoms with Gasteiger partial charge in [0.25, 0.3) is 5.56 Å². The quantitative estimate of drug-likeness (QED) is 0.881. The molecule has 1 unspecified atom stereocenters. The van der Waals surface area contributed by atoms with E-state index in [1.807, 2.05) is 4.57 Å². The second-order valence-corrected chi connectivity index (χ2v) is 6.01. The van der Waals surface area contributed by atoms with Crippen LogP contribution in [0.25, 0.3) is 0 Å². The average Bonchev–Trinajstić information content (AvgIpc) is 2.39. The normalized spacial score (nSPS) is 24.2. The van der Waals surface area contributed by atoms with Gasteiger partial charge in [-0.3, -0.25) is 9.36 Å². The number of fused-ring (bicyclic) bond motifs is 1. The smallest absolute Gasteiger partial charge is 0.253 e. The fraction of sp³-hybridized carbons (Fsp3) is 0.733. The van der Waals surface area contributed by atoms with Crippen LogP contribution >= 0.6 is 0 Å². The van der Waals surface area contributed by atoms with E-state index >= 15 is 0 Å². The lowest BCUT2D eigenvalue weighted by Crippen LogP contribution is -2.32. The fourth-order valence-corrected chi connectivity index (χ4v) is 3.41. The third-order valence-corrected chi connectivity index (χ3v) is 4.50. The van der Waals surface area contributed by atoms with E-state index in [4.69, 9.17) is 4.98 Å². The van der Waals surface area contributed by atoms with Gasteiger partial charge in [-0.2, -0.15) is 0 Å². The zero-order chi connectivity index (χ0) is 13.2. The molecule has 0 radical (unpaired) electrons. The predicted octanol–water partition coefficient (Wildman–Crippen LogP) is 1.68. The van der Waals surface area contributed by atoms with Crippen molar-refractivity contribution in [2.75, 3.05) is 13.1 Å². The van der Waals surface area contributed by atoms with Crippen LogP contribution in [0.4, 0.5) is 0 Å². The Bertz CT molecular complexity index is 503. The molecule has 3 heterocycles. The number of nitrogens with zero attached hydrogens (tertiary/aromatic N) is 2. The van der Waals surface area contributed by atoms with Crippen molar-refractivity contribution in [1.29, 1.82) is 0 Å². The van der Waals surface area contributed by atoms with Crippen LogP contribution in [0, 0.1) is 5.92 Å². The van der Waals surface area contributed by atoms with Crippen molar-refractivity contribution >= 4 is 0 Å². The lowest BCUT2D eigenvalue weighted by Gasteiger charge is -2.26. The summed E-state index contributed by atoms with van der Waals surface area (Å²) >= 11 is 0. The summed E-state index contributed by atoms with van der Waals surface area (Å²) in [6, 6.07) is 2.09. The zero-order valence-electron chi connectivity index (χ0n) is 11.7. The molecule has 2 aliphatic rings. The van der Waals surface area contributed by atoms with Gasteiger partial charge in [0, 0.05) is 24.2 Å². The highest BCUT2D eigenvalue weighted by Gasteiger charge is 2.20. The summed E-state index contributed by atoms with van der Waals surface area (Å²) in [5.74, 6) is 1.70. The summed E-state index contributed by atoms with van der Waals surface area (Å²) < 4.78 is 1.90. The number of hydrogen-bond donors (Lipinski definition) is 1. The van der Waals surface area contributed by atoms with Gasteiger partial charge < -0.3 is 5.32 Å². The van der Waals surface area contributed by atoms with Crippen molar-refractivity contribution in [3.05, 3.63) is 27.9 Å². The minimum Gasteiger partial charge on any atom is -0.317 e. The Morgan fingerprint density at radius 3 is 2.95 bits per heavy atom. The lowest BCUT2D eigenvalue weighted by atomic mass is 9.93. The van der Waals surface area contributed by atoms with Crippen LogP contribution in [-0.4, -0.2) is 22.6 Å². The summed E-state index contributed by atoms with van der Waals surface area (Å²) in [4.78, 5) is 17.0. The van der Waals surface area contributed by atoms with Gasteiger partial charge in [-0.1, -0.05) is 0 Å². The van der Waals surface area contributed by atoms with Crippen LogP contribution in [-0.2, 0) is 12.8 Å². The molecule has 1 N–H and O–H groups in total. The molecule has 104 valence electrons. The van der Waals surface area contributed by atoms with Crippen molar-refractivity contribution in [2.45, 2.75) is 51.5 Å². The highest BCUT2D eigenvalue weighted by Crippen LogP contribution is 2.22. The Morgan fingerprint density at radius 1 is 1.37 bits per heavy atom. The molecule has 0 bridgehead atoms. The van der Waals surface area contributed by atoms with E-state index in [9.17, 15) is 4.79 Å². The second-order valence-electron chi connectivity index (χ2n) is 6.01. The molecule has 0 spiro atoms. The Hall–Kier alpha value is -1.16. The standard InChI is InChI=1S/C15H23N3O/c1-11-3-2-4-14-17-13(10-15(19)18(11)14)9-12-5-7-16-8-6-12/h10-12,16H,2-9H2,1H3. The van der Waals surface area contributed by atoms with Crippen molar-refractivity contribution in [1.82, 2.24) is 14.9 Å². The number of piperidine rings is 1. The number of aryl methyl sites for hydroxylation is 1. The predicted molar refractivity (Wildman–Crippen MR) is 75.4 cm³/mol. The van der Waals surface area contributed by atoms with Crippen LogP contribution in [0.2, 0.25) is 0 Å². The SMILES string of the molecule is CC1CCCc2nc(CC3CCNCC3)cc(=O)n21. The molecule has 4 nitrogen and oxygen atoms in total. The number of hydrogen-bond acceptors (Lipinski definition) is 3.